The third kappa shape index (κ3) is 4.55. The fourth-order valence-electron chi connectivity index (χ4n) is 1.44. The molecule has 0 saturated heterocycles. The fourth-order valence-corrected chi connectivity index (χ4v) is 1.80. The van der Waals surface area contributed by atoms with Gasteiger partial charge in [0.25, 0.3) is 5.91 Å². The number of benzene rings is 1. The Hall–Kier alpha value is -1.56. The van der Waals surface area contributed by atoms with Gasteiger partial charge < -0.3 is 15.7 Å². The summed E-state index contributed by atoms with van der Waals surface area (Å²) < 4.78 is 0.676. The third-order valence-corrected chi connectivity index (χ3v) is 2.87. The largest absolute Gasteiger partial charge is 0.507 e. The predicted octanol–water partition coefficient (Wildman–Crippen LogP) is 1.80. The second-order valence-electron chi connectivity index (χ2n) is 4.52. The maximum absolute atomic E-state index is 11.9. The molecular formula is C13H17BrN2O3. The van der Waals surface area contributed by atoms with E-state index in [-0.39, 0.29) is 23.3 Å². The summed E-state index contributed by atoms with van der Waals surface area (Å²) in [4.78, 5) is 23.6. The normalized spacial score (nSPS) is 12.1. The Balaban J connectivity index is 2.74. The predicted molar refractivity (Wildman–Crippen MR) is 76.0 cm³/mol. The van der Waals surface area contributed by atoms with Crippen LogP contribution in [0.5, 0.6) is 5.75 Å². The summed E-state index contributed by atoms with van der Waals surface area (Å²) in [6, 6.07) is 3.87. The third-order valence-electron chi connectivity index (χ3n) is 2.38. The summed E-state index contributed by atoms with van der Waals surface area (Å²) in [5, 5.41) is 14.9. The smallest absolute Gasteiger partial charge is 0.255 e. The molecule has 104 valence electrons. The van der Waals surface area contributed by atoms with Crippen LogP contribution >= 0.6 is 15.9 Å². The maximum atomic E-state index is 11.9. The average Bonchev–Trinajstić information content (AvgIpc) is 2.31. The molecule has 1 aromatic carbocycles. The van der Waals surface area contributed by atoms with Crippen molar-refractivity contribution in [2.24, 2.45) is 0 Å². The molecule has 0 aromatic heterocycles. The van der Waals surface area contributed by atoms with Gasteiger partial charge in [-0.25, -0.2) is 0 Å². The van der Waals surface area contributed by atoms with Gasteiger partial charge in [0.05, 0.1) is 5.56 Å². The second-order valence-corrected chi connectivity index (χ2v) is 5.44. The van der Waals surface area contributed by atoms with Gasteiger partial charge in [0.1, 0.15) is 11.8 Å². The molecule has 0 heterocycles. The Morgan fingerprint density at radius 3 is 2.42 bits per heavy atom. The molecule has 19 heavy (non-hydrogen) atoms. The molecule has 0 bridgehead atoms. The maximum Gasteiger partial charge on any atom is 0.255 e. The van der Waals surface area contributed by atoms with E-state index >= 15 is 0 Å². The van der Waals surface area contributed by atoms with Gasteiger partial charge in [-0.1, -0.05) is 15.9 Å². The van der Waals surface area contributed by atoms with E-state index in [0.717, 1.165) is 0 Å². The Morgan fingerprint density at radius 1 is 1.21 bits per heavy atom. The number of amides is 2. The van der Waals surface area contributed by atoms with E-state index < -0.39 is 11.9 Å². The van der Waals surface area contributed by atoms with Crippen molar-refractivity contribution < 1.29 is 14.7 Å². The van der Waals surface area contributed by atoms with Crippen LogP contribution in [0.4, 0.5) is 0 Å². The Morgan fingerprint density at radius 2 is 1.84 bits per heavy atom. The van der Waals surface area contributed by atoms with Gasteiger partial charge in [0, 0.05) is 10.5 Å². The van der Waals surface area contributed by atoms with Crippen LogP contribution in [0.25, 0.3) is 0 Å². The van der Waals surface area contributed by atoms with E-state index in [1.54, 1.807) is 13.0 Å². The first-order chi connectivity index (χ1) is 8.81. The molecule has 2 amide bonds. The van der Waals surface area contributed by atoms with E-state index in [1.807, 2.05) is 13.8 Å². The van der Waals surface area contributed by atoms with Crippen molar-refractivity contribution in [1.82, 2.24) is 10.6 Å². The summed E-state index contributed by atoms with van der Waals surface area (Å²) >= 11 is 3.22. The van der Waals surface area contributed by atoms with Crippen LogP contribution in [0.15, 0.2) is 22.7 Å². The molecule has 0 spiro atoms. The van der Waals surface area contributed by atoms with Gasteiger partial charge >= 0.3 is 0 Å². The molecule has 0 aliphatic rings. The Labute approximate surface area is 120 Å². The molecule has 1 aromatic rings. The molecule has 6 heteroatoms. The molecule has 5 nitrogen and oxygen atoms in total. The molecule has 1 atom stereocenters. The number of carbonyl (C=O) groups excluding carboxylic acids is 2. The van der Waals surface area contributed by atoms with Gasteiger partial charge in [-0.05, 0) is 39.0 Å². The molecule has 0 aliphatic carbocycles. The monoisotopic (exact) mass is 328 g/mol. The van der Waals surface area contributed by atoms with Gasteiger partial charge in [0.15, 0.2) is 0 Å². The van der Waals surface area contributed by atoms with E-state index in [1.165, 1.54) is 12.1 Å². The number of phenolic OH excluding ortho intramolecular Hbond substituents is 1. The first-order valence-electron chi connectivity index (χ1n) is 5.91. The summed E-state index contributed by atoms with van der Waals surface area (Å²) in [5.74, 6) is -0.889. The summed E-state index contributed by atoms with van der Waals surface area (Å²) in [7, 11) is 0. The van der Waals surface area contributed by atoms with Crippen molar-refractivity contribution in [2.45, 2.75) is 32.9 Å². The SMILES string of the molecule is CC(C)NC(=O)C(C)NC(=O)c1cc(Br)ccc1O. The molecule has 1 unspecified atom stereocenters. The molecule has 0 saturated carbocycles. The van der Waals surface area contributed by atoms with E-state index in [9.17, 15) is 14.7 Å². The number of carbonyl (C=O) groups is 2. The van der Waals surface area contributed by atoms with Gasteiger partial charge in [0.2, 0.25) is 5.91 Å². The van der Waals surface area contributed by atoms with Gasteiger partial charge in [-0.3, -0.25) is 9.59 Å². The highest BCUT2D eigenvalue weighted by Gasteiger charge is 2.19. The minimum atomic E-state index is -0.673. The zero-order chi connectivity index (χ0) is 14.6. The zero-order valence-electron chi connectivity index (χ0n) is 11.0. The van der Waals surface area contributed by atoms with Crippen LogP contribution < -0.4 is 10.6 Å². The standard InChI is InChI=1S/C13H17BrN2O3/c1-7(2)15-12(18)8(3)16-13(19)10-6-9(14)4-5-11(10)17/h4-8,17H,1-3H3,(H,15,18)(H,16,19). The lowest BCUT2D eigenvalue weighted by atomic mass is 10.1. The highest BCUT2D eigenvalue weighted by molar-refractivity contribution is 9.10. The molecule has 0 aliphatic heterocycles. The van der Waals surface area contributed by atoms with Crippen molar-refractivity contribution in [2.75, 3.05) is 0 Å². The van der Waals surface area contributed by atoms with Crippen molar-refractivity contribution in [3.8, 4) is 5.75 Å². The fraction of sp³-hybridized carbons (Fsp3) is 0.385. The molecular weight excluding hydrogens is 312 g/mol. The van der Waals surface area contributed by atoms with E-state index in [0.29, 0.717) is 4.47 Å². The molecule has 3 N–H and O–H groups in total. The number of rotatable bonds is 4. The highest BCUT2D eigenvalue weighted by Crippen LogP contribution is 2.21. The second kappa shape index (κ2) is 6.56. The van der Waals surface area contributed by atoms with E-state index in [2.05, 4.69) is 26.6 Å². The lowest BCUT2D eigenvalue weighted by molar-refractivity contribution is -0.123. The van der Waals surface area contributed by atoms with Crippen LogP contribution in [0.1, 0.15) is 31.1 Å². The van der Waals surface area contributed by atoms with Crippen molar-refractivity contribution >= 4 is 27.7 Å². The van der Waals surface area contributed by atoms with Gasteiger partial charge in [-0.2, -0.15) is 0 Å². The molecule has 0 radical (unpaired) electrons. The number of hydrogen-bond acceptors (Lipinski definition) is 3. The lowest BCUT2D eigenvalue weighted by Gasteiger charge is -2.16. The van der Waals surface area contributed by atoms with Crippen LogP contribution in [0.3, 0.4) is 0 Å². The number of nitrogens with one attached hydrogen (secondary N) is 2. The summed E-state index contributed by atoms with van der Waals surface area (Å²) in [6.45, 7) is 5.27. The van der Waals surface area contributed by atoms with Crippen molar-refractivity contribution in [3.63, 3.8) is 0 Å². The van der Waals surface area contributed by atoms with Crippen molar-refractivity contribution in [3.05, 3.63) is 28.2 Å². The summed E-state index contributed by atoms with van der Waals surface area (Å²) in [6.07, 6.45) is 0. The number of halogens is 1. The first-order valence-corrected chi connectivity index (χ1v) is 6.70. The average molecular weight is 329 g/mol. The molecule has 0 fully saturated rings. The molecule has 1 rings (SSSR count). The van der Waals surface area contributed by atoms with Crippen LogP contribution in [0, 0.1) is 0 Å². The Kier molecular flexibility index (Phi) is 5.35. The Bertz CT molecular complexity index is 489. The first kappa shape index (κ1) is 15.5. The van der Waals surface area contributed by atoms with Crippen LogP contribution in [-0.2, 0) is 4.79 Å². The number of phenols is 1. The zero-order valence-corrected chi connectivity index (χ0v) is 12.6. The van der Waals surface area contributed by atoms with Crippen molar-refractivity contribution in [1.29, 1.82) is 0 Å². The van der Waals surface area contributed by atoms with Crippen LogP contribution in [0.2, 0.25) is 0 Å². The minimum Gasteiger partial charge on any atom is -0.507 e. The quantitative estimate of drug-likeness (QED) is 0.788. The number of aromatic hydroxyl groups is 1. The van der Waals surface area contributed by atoms with Crippen LogP contribution in [-0.4, -0.2) is 29.0 Å². The van der Waals surface area contributed by atoms with E-state index in [4.69, 9.17) is 0 Å². The lowest BCUT2D eigenvalue weighted by Crippen LogP contribution is -2.46. The topological polar surface area (TPSA) is 78.4 Å². The minimum absolute atomic E-state index is 0.00567. The number of hydrogen-bond donors (Lipinski definition) is 3. The van der Waals surface area contributed by atoms with Gasteiger partial charge in [-0.15, -0.1) is 0 Å². The summed E-state index contributed by atoms with van der Waals surface area (Å²) in [5.41, 5.74) is 0.124. The highest BCUT2D eigenvalue weighted by atomic mass is 79.9.